The number of aryl methyl sites for hydroxylation is 2. The van der Waals surface area contributed by atoms with Gasteiger partial charge in [-0.25, -0.2) is 0 Å². The zero-order chi connectivity index (χ0) is 22.8. The summed E-state index contributed by atoms with van der Waals surface area (Å²) in [7, 11) is 3.42. The van der Waals surface area contributed by atoms with Gasteiger partial charge in [-0.15, -0.1) is 0 Å². The first-order valence-electron chi connectivity index (χ1n) is 11.2. The van der Waals surface area contributed by atoms with E-state index in [0.29, 0.717) is 17.7 Å². The van der Waals surface area contributed by atoms with Crippen LogP contribution in [-0.2, 0) is 12.8 Å². The Morgan fingerprint density at radius 3 is 2.13 bits per heavy atom. The molecule has 0 aliphatic rings. The molecule has 166 valence electrons. The van der Waals surface area contributed by atoms with Gasteiger partial charge in [0.1, 0.15) is 5.75 Å². The molecular formula is C27H35NO3. The van der Waals surface area contributed by atoms with Crippen molar-refractivity contribution < 1.29 is 14.3 Å². The fraction of sp³-hybridized carbons (Fsp3) is 0.407. The maximum absolute atomic E-state index is 12.8. The molecule has 0 atom stereocenters. The van der Waals surface area contributed by atoms with Gasteiger partial charge in [-0.2, -0.15) is 0 Å². The smallest absolute Gasteiger partial charge is 0.253 e. The second-order valence-electron chi connectivity index (χ2n) is 8.00. The molecule has 2 rings (SSSR count). The van der Waals surface area contributed by atoms with E-state index in [2.05, 4.69) is 32.9 Å². The zero-order valence-electron chi connectivity index (χ0n) is 19.5. The molecule has 0 bridgehead atoms. The molecule has 0 N–H and O–H groups in total. The predicted octanol–water partition coefficient (Wildman–Crippen LogP) is 5.98. The Bertz CT molecular complexity index is 911. The van der Waals surface area contributed by atoms with Crippen molar-refractivity contribution in [2.75, 3.05) is 20.7 Å². The van der Waals surface area contributed by atoms with Crippen LogP contribution in [0.4, 0.5) is 0 Å². The van der Waals surface area contributed by atoms with E-state index in [-0.39, 0.29) is 11.7 Å². The van der Waals surface area contributed by atoms with Crippen LogP contribution in [0, 0.1) is 0 Å². The summed E-state index contributed by atoms with van der Waals surface area (Å²) in [6.07, 6.45) is 8.46. The summed E-state index contributed by atoms with van der Waals surface area (Å²) >= 11 is 0. The van der Waals surface area contributed by atoms with Gasteiger partial charge in [-0.1, -0.05) is 51.8 Å². The molecule has 2 aromatic rings. The minimum atomic E-state index is -0.0942. The standard InChI is InChI=1S/C27H35NO3/c1-6-9-20-18-23(10-7-2)26(31-17-8-3)24(19-20)15-16-25(29)21-11-13-22(14-12-21)27(30)28(4)5/h11-16,18-19H,6-10,17H2,1-5H3. The number of hydrogen-bond acceptors (Lipinski definition) is 3. The fourth-order valence-electron chi connectivity index (χ4n) is 3.47. The van der Waals surface area contributed by atoms with Crippen molar-refractivity contribution in [1.29, 1.82) is 0 Å². The molecule has 0 saturated heterocycles. The summed E-state index contributed by atoms with van der Waals surface area (Å²) in [4.78, 5) is 26.3. The van der Waals surface area contributed by atoms with Gasteiger partial charge in [0.25, 0.3) is 5.91 Å². The largest absolute Gasteiger partial charge is 0.493 e. The number of carbonyl (C=O) groups excluding carboxylic acids is 2. The van der Waals surface area contributed by atoms with Crippen LogP contribution in [0.2, 0.25) is 0 Å². The lowest BCUT2D eigenvalue weighted by molar-refractivity contribution is 0.0827. The summed E-state index contributed by atoms with van der Waals surface area (Å²) in [5.41, 5.74) is 4.56. The van der Waals surface area contributed by atoms with Crippen LogP contribution in [0.3, 0.4) is 0 Å². The molecule has 0 aromatic heterocycles. The van der Waals surface area contributed by atoms with Gasteiger partial charge in [0.2, 0.25) is 0 Å². The van der Waals surface area contributed by atoms with Gasteiger partial charge in [0.15, 0.2) is 5.78 Å². The van der Waals surface area contributed by atoms with E-state index in [1.807, 2.05) is 6.08 Å². The molecule has 2 aromatic carbocycles. The molecular weight excluding hydrogens is 386 g/mol. The average Bonchev–Trinajstić information content (AvgIpc) is 2.76. The maximum atomic E-state index is 12.8. The minimum Gasteiger partial charge on any atom is -0.493 e. The molecule has 4 nitrogen and oxygen atoms in total. The molecule has 0 fully saturated rings. The van der Waals surface area contributed by atoms with Crippen molar-refractivity contribution in [2.45, 2.75) is 52.9 Å². The Morgan fingerprint density at radius 2 is 1.55 bits per heavy atom. The number of ether oxygens (including phenoxy) is 1. The molecule has 0 heterocycles. The van der Waals surface area contributed by atoms with Gasteiger partial charge in [-0.05, 0) is 60.7 Å². The summed E-state index contributed by atoms with van der Waals surface area (Å²) in [6, 6.07) is 11.2. The normalized spacial score (nSPS) is 11.0. The highest BCUT2D eigenvalue weighted by Gasteiger charge is 2.12. The number of amides is 1. The van der Waals surface area contributed by atoms with Crippen molar-refractivity contribution >= 4 is 17.8 Å². The quantitative estimate of drug-likeness (QED) is 0.331. The number of hydrogen-bond donors (Lipinski definition) is 0. The fourth-order valence-corrected chi connectivity index (χ4v) is 3.47. The van der Waals surface area contributed by atoms with E-state index in [0.717, 1.165) is 43.4 Å². The second-order valence-corrected chi connectivity index (χ2v) is 8.00. The number of carbonyl (C=O) groups is 2. The van der Waals surface area contributed by atoms with Crippen LogP contribution >= 0.6 is 0 Å². The van der Waals surface area contributed by atoms with Crippen LogP contribution < -0.4 is 4.74 Å². The number of rotatable bonds is 11. The van der Waals surface area contributed by atoms with Crippen molar-refractivity contribution in [3.05, 3.63) is 70.3 Å². The number of ketones is 1. The summed E-state index contributed by atoms with van der Waals surface area (Å²) in [5, 5.41) is 0. The van der Waals surface area contributed by atoms with Gasteiger partial charge in [-0.3, -0.25) is 9.59 Å². The van der Waals surface area contributed by atoms with E-state index in [1.54, 1.807) is 44.4 Å². The van der Waals surface area contributed by atoms with Crippen molar-refractivity contribution in [2.24, 2.45) is 0 Å². The Kier molecular flexibility index (Phi) is 9.51. The zero-order valence-corrected chi connectivity index (χ0v) is 19.5. The lowest BCUT2D eigenvalue weighted by atomic mass is 9.97. The van der Waals surface area contributed by atoms with E-state index in [1.165, 1.54) is 16.0 Å². The molecule has 0 radical (unpaired) electrons. The highest BCUT2D eigenvalue weighted by Crippen LogP contribution is 2.30. The average molecular weight is 422 g/mol. The topological polar surface area (TPSA) is 46.6 Å². The summed E-state index contributed by atoms with van der Waals surface area (Å²) in [6.45, 7) is 7.08. The molecule has 0 spiro atoms. The molecule has 4 heteroatoms. The lowest BCUT2D eigenvalue weighted by Gasteiger charge is -2.16. The van der Waals surface area contributed by atoms with E-state index >= 15 is 0 Å². The highest BCUT2D eigenvalue weighted by atomic mass is 16.5. The van der Waals surface area contributed by atoms with E-state index in [9.17, 15) is 9.59 Å². The Balaban J connectivity index is 2.33. The number of nitrogens with zero attached hydrogens (tertiary/aromatic N) is 1. The SMILES string of the molecule is CCCOc1c(C=CC(=O)c2ccc(C(=O)N(C)C)cc2)cc(CCC)cc1CCC. The number of allylic oxidation sites excluding steroid dienone is 1. The third-order valence-electron chi connectivity index (χ3n) is 5.00. The summed E-state index contributed by atoms with van der Waals surface area (Å²) in [5.74, 6) is 0.714. The third-order valence-corrected chi connectivity index (χ3v) is 5.00. The van der Waals surface area contributed by atoms with Crippen LogP contribution in [0.25, 0.3) is 6.08 Å². The minimum absolute atomic E-state index is 0.0801. The number of benzene rings is 2. The monoisotopic (exact) mass is 421 g/mol. The van der Waals surface area contributed by atoms with Crippen LogP contribution in [-0.4, -0.2) is 37.3 Å². The maximum Gasteiger partial charge on any atom is 0.253 e. The summed E-state index contributed by atoms with van der Waals surface area (Å²) < 4.78 is 6.10. The van der Waals surface area contributed by atoms with Crippen LogP contribution in [0.15, 0.2) is 42.5 Å². The van der Waals surface area contributed by atoms with Gasteiger partial charge in [0.05, 0.1) is 6.61 Å². The lowest BCUT2D eigenvalue weighted by Crippen LogP contribution is -2.21. The van der Waals surface area contributed by atoms with Crippen molar-refractivity contribution in [3.8, 4) is 5.75 Å². The Labute approximate surface area is 186 Å². The van der Waals surface area contributed by atoms with Crippen molar-refractivity contribution in [3.63, 3.8) is 0 Å². The first kappa shape index (κ1) is 24.4. The van der Waals surface area contributed by atoms with E-state index < -0.39 is 0 Å². The van der Waals surface area contributed by atoms with Gasteiger partial charge < -0.3 is 9.64 Å². The predicted molar refractivity (Wildman–Crippen MR) is 128 cm³/mol. The Hall–Kier alpha value is -2.88. The molecule has 1 amide bonds. The van der Waals surface area contributed by atoms with Gasteiger partial charge in [0, 0.05) is 30.8 Å². The Morgan fingerprint density at radius 1 is 0.903 bits per heavy atom. The van der Waals surface area contributed by atoms with Gasteiger partial charge >= 0.3 is 0 Å². The first-order chi connectivity index (χ1) is 14.9. The molecule has 0 aliphatic carbocycles. The van der Waals surface area contributed by atoms with Crippen LogP contribution in [0.1, 0.15) is 77.4 Å². The van der Waals surface area contributed by atoms with Crippen molar-refractivity contribution in [1.82, 2.24) is 4.90 Å². The van der Waals surface area contributed by atoms with E-state index in [4.69, 9.17) is 4.74 Å². The first-order valence-corrected chi connectivity index (χ1v) is 11.2. The molecule has 31 heavy (non-hydrogen) atoms. The highest BCUT2D eigenvalue weighted by molar-refractivity contribution is 6.07. The third kappa shape index (κ3) is 6.81. The second kappa shape index (κ2) is 12.1. The van der Waals surface area contributed by atoms with Crippen LogP contribution in [0.5, 0.6) is 5.75 Å². The molecule has 0 unspecified atom stereocenters. The molecule has 0 aliphatic heterocycles. The molecule has 0 saturated carbocycles.